The summed E-state index contributed by atoms with van der Waals surface area (Å²) in [6.07, 6.45) is -0.397. The zero-order chi connectivity index (χ0) is 30.8. The van der Waals surface area contributed by atoms with Crippen molar-refractivity contribution in [3.05, 3.63) is 23.8 Å². The summed E-state index contributed by atoms with van der Waals surface area (Å²) in [4.78, 5) is 48.8. The molecule has 0 saturated carbocycles. The van der Waals surface area contributed by atoms with E-state index < -0.39 is 30.5 Å². The molecule has 2 unspecified atom stereocenters. The van der Waals surface area contributed by atoms with E-state index >= 15 is 0 Å². The minimum atomic E-state index is -0.968. The van der Waals surface area contributed by atoms with E-state index in [1.165, 1.54) is 19.2 Å². The fourth-order valence-electron chi connectivity index (χ4n) is 3.59. The van der Waals surface area contributed by atoms with Gasteiger partial charge in [0.2, 0.25) is 0 Å². The van der Waals surface area contributed by atoms with Gasteiger partial charge in [-0.05, 0) is 56.7 Å². The van der Waals surface area contributed by atoms with Crippen molar-refractivity contribution in [2.45, 2.75) is 91.9 Å². The summed E-state index contributed by atoms with van der Waals surface area (Å²) in [5, 5.41) is 2.97. The zero-order valence-corrected chi connectivity index (χ0v) is 25.2. The van der Waals surface area contributed by atoms with E-state index in [-0.39, 0.29) is 55.8 Å². The van der Waals surface area contributed by atoms with Crippen molar-refractivity contribution in [3.8, 4) is 11.5 Å². The Hall–Kier alpha value is -3.54. The highest BCUT2D eigenvalue weighted by Gasteiger charge is 2.23. The van der Waals surface area contributed by atoms with Gasteiger partial charge in [-0.25, -0.2) is 14.4 Å². The third-order valence-corrected chi connectivity index (χ3v) is 5.55. The number of hydrogen-bond acceptors (Lipinski definition) is 12. The molecule has 0 bridgehead atoms. The fourth-order valence-corrected chi connectivity index (χ4v) is 3.59. The Morgan fingerprint density at radius 1 is 0.805 bits per heavy atom. The molecular weight excluding hydrogens is 538 g/mol. The number of carbonyl (C=O) groups is 4. The number of rotatable bonds is 17. The maximum atomic E-state index is 12.4. The maximum Gasteiger partial charge on any atom is 0.514 e. The van der Waals surface area contributed by atoms with Gasteiger partial charge in [-0.3, -0.25) is 4.79 Å². The minimum Gasteiger partial charge on any atom is -0.468 e. The Kier molecular flexibility index (Phi) is 16.9. The molecule has 1 rings (SSSR count). The molecule has 0 amide bonds. The topological polar surface area (TPSA) is 145 Å². The standard InChI is InChI=1S/C29H45NO11/c1-8-10-20(5)38-28(33)40-24-13-12-22(17-25(24)41-29(34)39-21(6)11-9-2)16-23(26(31)35-7)30-14-15-36-27(32)37-18-19(3)4/h12-13,17,19-21,23,30H,8-11,14-16,18H2,1-7H3/t20?,21?,23-/m0/s1. The molecule has 0 spiro atoms. The van der Waals surface area contributed by atoms with E-state index in [4.69, 9.17) is 33.2 Å². The van der Waals surface area contributed by atoms with Gasteiger partial charge in [0.1, 0.15) is 24.9 Å². The smallest absolute Gasteiger partial charge is 0.468 e. The molecule has 1 aromatic carbocycles. The second-order valence-electron chi connectivity index (χ2n) is 9.96. The molecule has 0 aliphatic carbocycles. The number of esters is 1. The molecule has 232 valence electrons. The summed E-state index contributed by atoms with van der Waals surface area (Å²) in [6.45, 7) is 11.6. The van der Waals surface area contributed by atoms with Crippen molar-refractivity contribution >= 4 is 24.4 Å². The van der Waals surface area contributed by atoms with Crippen molar-refractivity contribution in [2.75, 3.05) is 26.9 Å². The molecule has 0 aliphatic heterocycles. The van der Waals surface area contributed by atoms with Gasteiger partial charge in [-0.2, -0.15) is 0 Å². The Morgan fingerprint density at radius 3 is 1.93 bits per heavy atom. The molecular formula is C29H45NO11. The average molecular weight is 584 g/mol. The third kappa shape index (κ3) is 15.1. The van der Waals surface area contributed by atoms with E-state index in [1.807, 2.05) is 27.7 Å². The summed E-state index contributed by atoms with van der Waals surface area (Å²) in [7, 11) is 1.25. The van der Waals surface area contributed by atoms with Crippen molar-refractivity contribution in [2.24, 2.45) is 5.92 Å². The van der Waals surface area contributed by atoms with Crippen LogP contribution in [0.3, 0.4) is 0 Å². The quantitative estimate of drug-likeness (QED) is 0.106. The predicted octanol–water partition coefficient (Wildman–Crippen LogP) is 5.58. The number of benzene rings is 1. The molecule has 0 heterocycles. The SMILES string of the molecule is CCCC(C)OC(=O)Oc1ccc(C[C@H](NCCOC(=O)OCC(C)C)C(=O)OC)cc1OC(=O)OC(C)CCC. The Balaban J connectivity index is 3.00. The molecule has 0 aromatic heterocycles. The lowest BCUT2D eigenvalue weighted by molar-refractivity contribution is -0.143. The molecule has 0 radical (unpaired) electrons. The van der Waals surface area contributed by atoms with Gasteiger partial charge in [0.05, 0.1) is 13.7 Å². The highest BCUT2D eigenvalue weighted by molar-refractivity contribution is 5.76. The van der Waals surface area contributed by atoms with Crippen LogP contribution in [0.1, 0.15) is 72.8 Å². The van der Waals surface area contributed by atoms with Gasteiger partial charge in [-0.15, -0.1) is 0 Å². The number of carbonyl (C=O) groups excluding carboxylic acids is 4. The first-order valence-electron chi connectivity index (χ1n) is 14.0. The predicted molar refractivity (Wildman–Crippen MR) is 149 cm³/mol. The summed E-state index contributed by atoms with van der Waals surface area (Å²) in [5.74, 6) is -0.530. The van der Waals surface area contributed by atoms with Gasteiger partial charge >= 0.3 is 24.4 Å². The van der Waals surface area contributed by atoms with Crippen molar-refractivity contribution in [1.82, 2.24) is 5.32 Å². The summed E-state index contributed by atoms with van der Waals surface area (Å²) >= 11 is 0. The van der Waals surface area contributed by atoms with Crippen LogP contribution in [0.25, 0.3) is 0 Å². The molecule has 41 heavy (non-hydrogen) atoms. The molecule has 12 heteroatoms. The summed E-state index contributed by atoms with van der Waals surface area (Å²) in [5.41, 5.74) is 0.551. The fraction of sp³-hybridized carbons (Fsp3) is 0.655. The van der Waals surface area contributed by atoms with Crippen molar-refractivity contribution in [3.63, 3.8) is 0 Å². The Labute approximate surface area is 242 Å². The number of hydrogen-bond donors (Lipinski definition) is 1. The summed E-state index contributed by atoms with van der Waals surface area (Å²) in [6, 6.07) is 3.67. The first-order valence-corrected chi connectivity index (χ1v) is 14.0. The van der Waals surface area contributed by atoms with Crippen LogP contribution in [0, 0.1) is 5.92 Å². The van der Waals surface area contributed by atoms with Crippen LogP contribution in [0.2, 0.25) is 0 Å². The molecule has 3 atom stereocenters. The number of ether oxygens (including phenoxy) is 7. The first kappa shape index (κ1) is 35.5. The van der Waals surface area contributed by atoms with Crippen LogP contribution >= 0.6 is 0 Å². The van der Waals surface area contributed by atoms with Crippen LogP contribution in [-0.2, 0) is 34.9 Å². The lowest BCUT2D eigenvalue weighted by Crippen LogP contribution is -2.41. The maximum absolute atomic E-state index is 12.4. The van der Waals surface area contributed by atoms with Gasteiger partial charge in [0.15, 0.2) is 11.5 Å². The normalized spacial score (nSPS) is 13.0. The van der Waals surface area contributed by atoms with Crippen LogP contribution < -0.4 is 14.8 Å². The van der Waals surface area contributed by atoms with E-state index in [2.05, 4.69) is 5.32 Å². The monoisotopic (exact) mass is 583 g/mol. The molecule has 1 aromatic rings. The van der Waals surface area contributed by atoms with Gasteiger partial charge < -0.3 is 38.5 Å². The molecule has 1 N–H and O–H groups in total. The van der Waals surface area contributed by atoms with E-state index in [1.54, 1.807) is 19.9 Å². The molecule has 0 fully saturated rings. The summed E-state index contributed by atoms with van der Waals surface area (Å²) < 4.78 is 36.1. The van der Waals surface area contributed by atoms with Gasteiger partial charge in [0.25, 0.3) is 0 Å². The third-order valence-electron chi connectivity index (χ3n) is 5.55. The number of nitrogens with one attached hydrogen (secondary N) is 1. The van der Waals surface area contributed by atoms with Crippen LogP contribution in [0.5, 0.6) is 11.5 Å². The zero-order valence-electron chi connectivity index (χ0n) is 25.2. The largest absolute Gasteiger partial charge is 0.514 e. The van der Waals surface area contributed by atoms with Crippen LogP contribution in [0.4, 0.5) is 14.4 Å². The van der Waals surface area contributed by atoms with Crippen molar-refractivity contribution < 1.29 is 52.3 Å². The molecule has 12 nitrogen and oxygen atoms in total. The van der Waals surface area contributed by atoms with Crippen LogP contribution in [-0.4, -0.2) is 69.6 Å². The van der Waals surface area contributed by atoms with Crippen molar-refractivity contribution in [1.29, 1.82) is 0 Å². The van der Waals surface area contributed by atoms with E-state index in [0.717, 1.165) is 12.8 Å². The second-order valence-corrected chi connectivity index (χ2v) is 9.96. The first-order chi connectivity index (χ1) is 19.5. The highest BCUT2D eigenvalue weighted by atomic mass is 16.8. The van der Waals surface area contributed by atoms with Gasteiger partial charge in [0, 0.05) is 6.54 Å². The lowest BCUT2D eigenvalue weighted by Gasteiger charge is -2.18. The molecule has 0 saturated heterocycles. The Morgan fingerprint density at radius 2 is 1.39 bits per heavy atom. The minimum absolute atomic E-state index is 0.0358. The number of methoxy groups -OCH3 is 1. The lowest BCUT2D eigenvalue weighted by atomic mass is 10.1. The van der Waals surface area contributed by atoms with Crippen LogP contribution in [0.15, 0.2) is 18.2 Å². The van der Waals surface area contributed by atoms with Gasteiger partial charge in [-0.1, -0.05) is 46.6 Å². The Bertz CT molecular complexity index is 966. The average Bonchev–Trinajstić information content (AvgIpc) is 2.90. The molecule has 0 aliphatic rings. The highest BCUT2D eigenvalue weighted by Crippen LogP contribution is 2.30. The van der Waals surface area contributed by atoms with E-state index in [0.29, 0.717) is 18.4 Å². The van der Waals surface area contributed by atoms with E-state index in [9.17, 15) is 19.2 Å². The second kappa shape index (κ2) is 19.5.